The van der Waals surface area contributed by atoms with Gasteiger partial charge in [0, 0.05) is 19.1 Å². The van der Waals surface area contributed by atoms with Crippen LogP contribution < -0.4 is 5.32 Å². The number of hydrogen-bond donors (Lipinski definition) is 2. The summed E-state index contributed by atoms with van der Waals surface area (Å²) in [5.41, 5.74) is 1.14. The van der Waals surface area contributed by atoms with Gasteiger partial charge in [-0.3, -0.25) is 0 Å². The highest BCUT2D eigenvalue weighted by Gasteiger charge is 2.15. The topological polar surface area (TPSA) is 44.7 Å². The lowest BCUT2D eigenvalue weighted by Gasteiger charge is -2.22. The first-order chi connectivity index (χ1) is 10.2. The summed E-state index contributed by atoms with van der Waals surface area (Å²) in [6.45, 7) is 7.19. The second-order valence-corrected chi connectivity index (χ2v) is 5.97. The number of aliphatic hydroxyl groups is 1. The molecule has 0 saturated carbocycles. The van der Waals surface area contributed by atoms with Crippen molar-refractivity contribution in [3.63, 3.8) is 0 Å². The van der Waals surface area contributed by atoms with E-state index >= 15 is 0 Å². The van der Waals surface area contributed by atoms with Crippen LogP contribution in [0.1, 0.15) is 25.3 Å². The Morgan fingerprint density at radius 3 is 2.67 bits per heavy atom. The number of hydrogen-bond acceptors (Lipinski definition) is 4. The van der Waals surface area contributed by atoms with Gasteiger partial charge in [0.2, 0.25) is 0 Å². The third-order valence-electron chi connectivity index (χ3n) is 3.85. The van der Waals surface area contributed by atoms with Crippen LogP contribution in [0.25, 0.3) is 0 Å². The van der Waals surface area contributed by atoms with Gasteiger partial charge < -0.3 is 20.1 Å². The Bertz CT molecular complexity index is 380. The predicted octanol–water partition coefficient (Wildman–Crippen LogP) is 1.64. The van der Waals surface area contributed by atoms with Gasteiger partial charge in [-0.1, -0.05) is 30.3 Å². The van der Waals surface area contributed by atoms with Crippen LogP contribution in [0.5, 0.6) is 0 Å². The van der Waals surface area contributed by atoms with Gasteiger partial charge in [0.25, 0.3) is 0 Å². The monoisotopic (exact) mass is 292 g/mol. The van der Waals surface area contributed by atoms with Gasteiger partial charge in [-0.05, 0) is 38.4 Å². The fourth-order valence-corrected chi connectivity index (χ4v) is 2.70. The van der Waals surface area contributed by atoms with E-state index in [0.29, 0.717) is 25.8 Å². The molecule has 118 valence electrons. The Balaban J connectivity index is 1.53. The summed E-state index contributed by atoms with van der Waals surface area (Å²) in [6.07, 6.45) is 2.19. The summed E-state index contributed by atoms with van der Waals surface area (Å²) >= 11 is 0. The Labute approximate surface area is 128 Å². The number of benzene rings is 1. The standard InChI is InChI=1S/C17H28N2O2/c1-15(12-19-9-5-6-10-19)18-11-17(20)14-21-13-16-7-3-2-4-8-16/h2-4,7-8,15,17-18,20H,5-6,9-14H2,1H3. The molecule has 1 fully saturated rings. The second kappa shape index (κ2) is 9.15. The maximum absolute atomic E-state index is 9.94. The Kier molecular flexibility index (Phi) is 7.16. The summed E-state index contributed by atoms with van der Waals surface area (Å²) in [7, 11) is 0. The summed E-state index contributed by atoms with van der Waals surface area (Å²) in [6, 6.07) is 10.5. The van der Waals surface area contributed by atoms with Gasteiger partial charge in [-0.2, -0.15) is 0 Å². The molecular formula is C17H28N2O2. The molecule has 4 nitrogen and oxygen atoms in total. The van der Waals surface area contributed by atoms with Gasteiger partial charge in [-0.25, -0.2) is 0 Å². The zero-order valence-corrected chi connectivity index (χ0v) is 13.0. The van der Waals surface area contributed by atoms with Crippen LogP contribution in [-0.2, 0) is 11.3 Å². The van der Waals surface area contributed by atoms with Crippen molar-refractivity contribution >= 4 is 0 Å². The molecule has 1 aliphatic heterocycles. The summed E-state index contributed by atoms with van der Waals surface area (Å²) < 4.78 is 5.55. The van der Waals surface area contributed by atoms with Gasteiger partial charge in [0.15, 0.2) is 0 Å². The van der Waals surface area contributed by atoms with Crippen LogP contribution in [0.15, 0.2) is 30.3 Å². The molecule has 2 N–H and O–H groups in total. The van der Waals surface area contributed by atoms with Crippen LogP contribution in [0.2, 0.25) is 0 Å². The summed E-state index contributed by atoms with van der Waals surface area (Å²) in [5, 5.41) is 13.3. The van der Waals surface area contributed by atoms with E-state index < -0.39 is 6.10 Å². The molecule has 1 aromatic carbocycles. The average molecular weight is 292 g/mol. The zero-order valence-electron chi connectivity index (χ0n) is 13.0. The molecule has 1 aromatic rings. The fourth-order valence-electron chi connectivity index (χ4n) is 2.70. The van der Waals surface area contributed by atoms with E-state index in [4.69, 9.17) is 4.74 Å². The zero-order chi connectivity index (χ0) is 14.9. The van der Waals surface area contributed by atoms with Gasteiger partial charge in [0.05, 0.1) is 19.3 Å². The number of ether oxygens (including phenoxy) is 1. The van der Waals surface area contributed by atoms with Crippen molar-refractivity contribution in [2.75, 3.05) is 32.8 Å². The van der Waals surface area contributed by atoms with Crippen molar-refractivity contribution in [3.8, 4) is 0 Å². The minimum atomic E-state index is -0.449. The molecule has 0 radical (unpaired) electrons. The lowest BCUT2D eigenvalue weighted by molar-refractivity contribution is 0.0274. The van der Waals surface area contributed by atoms with Crippen LogP contribution in [0, 0.1) is 0 Å². The SMILES string of the molecule is CC(CN1CCCC1)NCC(O)COCc1ccccc1. The van der Waals surface area contributed by atoms with Gasteiger partial charge in [0.1, 0.15) is 0 Å². The Hall–Kier alpha value is -0.940. The average Bonchev–Trinajstić information content (AvgIpc) is 2.99. The maximum atomic E-state index is 9.94. The van der Waals surface area contributed by atoms with Crippen molar-refractivity contribution in [1.29, 1.82) is 0 Å². The molecule has 0 aromatic heterocycles. The second-order valence-electron chi connectivity index (χ2n) is 5.97. The highest BCUT2D eigenvalue weighted by molar-refractivity contribution is 5.13. The van der Waals surface area contributed by atoms with E-state index in [-0.39, 0.29) is 0 Å². The number of rotatable bonds is 9. The number of likely N-dealkylation sites (tertiary alicyclic amines) is 1. The predicted molar refractivity (Wildman–Crippen MR) is 85.2 cm³/mol. The molecule has 0 spiro atoms. The quantitative estimate of drug-likeness (QED) is 0.726. The van der Waals surface area contributed by atoms with E-state index in [1.54, 1.807) is 0 Å². The first-order valence-electron chi connectivity index (χ1n) is 7.99. The van der Waals surface area contributed by atoms with E-state index in [1.807, 2.05) is 30.3 Å². The number of nitrogens with one attached hydrogen (secondary N) is 1. The van der Waals surface area contributed by atoms with Crippen molar-refractivity contribution in [2.45, 2.75) is 38.5 Å². The fraction of sp³-hybridized carbons (Fsp3) is 0.647. The van der Waals surface area contributed by atoms with E-state index in [9.17, 15) is 5.11 Å². The van der Waals surface area contributed by atoms with E-state index in [0.717, 1.165) is 12.1 Å². The minimum absolute atomic E-state index is 0.373. The van der Waals surface area contributed by atoms with Crippen molar-refractivity contribution in [2.24, 2.45) is 0 Å². The highest BCUT2D eigenvalue weighted by Crippen LogP contribution is 2.07. The lowest BCUT2D eigenvalue weighted by Crippen LogP contribution is -2.42. The molecule has 2 atom stereocenters. The van der Waals surface area contributed by atoms with Crippen molar-refractivity contribution in [1.82, 2.24) is 10.2 Å². The van der Waals surface area contributed by atoms with E-state index in [2.05, 4.69) is 17.1 Å². The normalized spacial score (nSPS) is 18.8. The highest BCUT2D eigenvalue weighted by atomic mass is 16.5. The summed E-state index contributed by atoms with van der Waals surface area (Å²) in [4.78, 5) is 2.48. The molecule has 1 saturated heterocycles. The van der Waals surface area contributed by atoms with Crippen LogP contribution in [0.3, 0.4) is 0 Å². The molecule has 21 heavy (non-hydrogen) atoms. The van der Waals surface area contributed by atoms with Gasteiger partial charge >= 0.3 is 0 Å². The number of nitrogens with zero attached hydrogens (tertiary/aromatic N) is 1. The van der Waals surface area contributed by atoms with Crippen LogP contribution in [0.4, 0.5) is 0 Å². The molecule has 0 aliphatic carbocycles. The van der Waals surface area contributed by atoms with E-state index in [1.165, 1.54) is 25.9 Å². The van der Waals surface area contributed by atoms with Gasteiger partial charge in [-0.15, -0.1) is 0 Å². The molecule has 1 heterocycles. The molecule has 4 heteroatoms. The molecule has 0 amide bonds. The lowest BCUT2D eigenvalue weighted by atomic mass is 10.2. The molecule has 2 rings (SSSR count). The first-order valence-corrected chi connectivity index (χ1v) is 7.99. The third kappa shape index (κ3) is 6.57. The molecular weight excluding hydrogens is 264 g/mol. The number of aliphatic hydroxyl groups excluding tert-OH is 1. The van der Waals surface area contributed by atoms with Crippen LogP contribution in [-0.4, -0.2) is 54.9 Å². The smallest absolute Gasteiger partial charge is 0.0897 e. The molecule has 2 unspecified atom stereocenters. The third-order valence-corrected chi connectivity index (χ3v) is 3.85. The van der Waals surface area contributed by atoms with Crippen LogP contribution >= 0.6 is 0 Å². The summed E-state index contributed by atoms with van der Waals surface area (Å²) in [5.74, 6) is 0. The first kappa shape index (κ1) is 16.4. The molecule has 1 aliphatic rings. The minimum Gasteiger partial charge on any atom is -0.389 e. The Morgan fingerprint density at radius 1 is 1.24 bits per heavy atom. The van der Waals surface area contributed by atoms with Crippen molar-refractivity contribution < 1.29 is 9.84 Å². The van der Waals surface area contributed by atoms with Crippen molar-refractivity contribution in [3.05, 3.63) is 35.9 Å². The Morgan fingerprint density at radius 2 is 1.95 bits per heavy atom. The largest absolute Gasteiger partial charge is 0.389 e. The maximum Gasteiger partial charge on any atom is 0.0897 e. The molecule has 0 bridgehead atoms.